The second-order valence-corrected chi connectivity index (χ2v) is 9.81. The van der Waals surface area contributed by atoms with Crippen LogP contribution in [0.25, 0.3) is 6.08 Å². The van der Waals surface area contributed by atoms with Crippen molar-refractivity contribution in [2.24, 2.45) is 4.99 Å². The summed E-state index contributed by atoms with van der Waals surface area (Å²) in [7, 11) is 1.75. The molecule has 0 aromatic heterocycles. The summed E-state index contributed by atoms with van der Waals surface area (Å²) in [5, 5.41) is -0.0160. The molecule has 0 spiro atoms. The van der Waals surface area contributed by atoms with Gasteiger partial charge in [-0.3, -0.25) is 14.5 Å². The van der Waals surface area contributed by atoms with Crippen molar-refractivity contribution in [1.82, 2.24) is 0 Å². The molecular weight excluding hydrogens is 474 g/mol. The van der Waals surface area contributed by atoms with Gasteiger partial charge in [-0.25, -0.2) is 4.99 Å². The Morgan fingerprint density at radius 2 is 1.78 bits per heavy atom. The van der Waals surface area contributed by atoms with E-state index >= 15 is 0 Å². The number of thioether (sulfide) groups is 1. The van der Waals surface area contributed by atoms with Crippen molar-refractivity contribution < 1.29 is 19.1 Å². The molecule has 7 nitrogen and oxygen atoms in total. The van der Waals surface area contributed by atoms with Gasteiger partial charge in [0.15, 0.2) is 16.7 Å². The summed E-state index contributed by atoms with van der Waals surface area (Å²) in [6.45, 7) is 3.99. The summed E-state index contributed by atoms with van der Waals surface area (Å²) in [5.41, 5.74) is 3.64. The van der Waals surface area contributed by atoms with Crippen molar-refractivity contribution in [2.75, 3.05) is 23.6 Å². The average molecular weight is 500 g/mol. The molecule has 2 heterocycles. The fraction of sp³-hybridized carbons (Fsp3) is 0.179. The maximum atomic E-state index is 13.5. The SMILES string of the molecule is Cc1ccc(N2C(=O)/C(=C\c3ccc4c(c3)OCO4)N=C2S[C@@H](C)C(=O)N(C)c2ccccc2)cc1. The van der Waals surface area contributed by atoms with Gasteiger partial charge in [-0.15, -0.1) is 0 Å². The number of amidine groups is 1. The molecule has 0 aliphatic carbocycles. The van der Waals surface area contributed by atoms with E-state index in [2.05, 4.69) is 4.99 Å². The molecule has 1 atom stereocenters. The molecule has 0 unspecified atom stereocenters. The first-order valence-corrected chi connectivity index (χ1v) is 12.4. The Hall–Kier alpha value is -4.04. The van der Waals surface area contributed by atoms with Gasteiger partial charge in [0.1, 0.15) is 5.70 Å². The van der Waals surface area contributed by atoms with Gasteiger partial charge in [0, 0.05) is 12.7 Å². The fourth-order valence-electron chi connectivity index (χ4n) is 3.92. The maximum absolute atomic E-state index is 13.5. The first-order chi connectivity index (χ1) is 17.4. The first-order valence-electron chi connectivity index (χ1n) is 11.5. The van der Waals surface area contributed by atoms with Crippen molar-refractivity contribution >= 4 is 46.2 Å². The number of aryl methyl sites for hydroxylation is 1. The Morgan fingerprint density at radius 3 is 2.53 bits per heavy atom. The fourth-order valence-corrected chi connectivity index (χ4v) is 4.94. The van der Waals surface area contributed by atoms with E-state index in [4.69, 9.17) is 9.47 Å². The first kappa shape index (κ1) is 23.7. The van der Waals surface area contributed by atoms with E-state index in [0.29, 0.717) is 22.4 Å². The summed E-state index contributed by atoms with van der Waals surface area (Å²) >= 11 is 1.26. The van der Waals surface area contributed by atoms with Gasteiger partial charge in [-0.2, -0.15) is 0 Å². The standard InChI is InChI=1S/C28H25N3O4S/c1-18-9-12-22(13-10-18)31-27(33)23(15-20-11-14-24-25(16-20)35-17-34-24)29-28(31)36-19(2)26(32)30(3)21-7-5-4-6-8-21/h4-16,19H,17H2,1-3H3/b23-15+/t19-/m0/s1. The van der Waals surface area contributed by atoms with E-state index in [0.717, 1.165) is 16.8 Å². The molecule has 2 amide bonds. The molecule has 0 saturated heterocycles. The smallest absolute Gasteiger partial charge is 0.283 e. The normalized spacial score (nSPS) is 16.3. The number of rotatable bonds is 5. The summed E-state index contributed by atoms with van der Waals surface area (Å²) in [5.74, 6) is 0.964. The zero-order valence-corrected chi connectivity index (χ0v) is 21.0. The van der Waals surface area contributed by atoms with E-state index in [-0.39, 0.29) is 24.3 Å². The van der Waals surface area contributed by atoms with Crippen LogP contribution >= 0.6 is 11.8 Å². The third-order valence-electron chi connectivity index (χ3n) is 5.93. The Bertz CT molecular complexity index is 1370. The summed E-state index contributed by atoms with van der Waals surface area (Å²) in [4.78, 5) is 34.6. The Morgan fingerprint density at radius 1 is 1.06 bits per heavy atom. The highest BCUT2D eigenvalue weighted by molar-refractivity contribution is 8.15. The van der Waals surface area contributed by atoms with Crippen molar-refractivity contribution in [3.63, 3.8) is 0 Å². The van der Waals surface area contributed by atoms with E-state index in [1.165, 1.54) is 11.8 Å². The van der Waals surface area contributed by atoms with Crippen LogP contribution in [0, 0.1) is 6.92 Å². The molecule has 2 aliphatic heterocycles. The second kappa shape index (κ2) is 9.91. The molecule has 0 fully saturated rings. The molecule has 0 radical (unpaired) electrons. The predicted octanol–water partition coefficient (Wildman–Crippen LogP) is 5.25. The van der Waals surface area contributed by atoms with Gasteiger partial charge in [-0.1, -0.05) is 53.7 Å². The zero-order valence-electron chi connectivity index (χ0n) is 20.2. The Balaban J connectivity index is 1.45. The maximum Gasteiger partial charge on any atom is 0.283 e. The van der Waals surface area contributed by atoms with E-state index in [9.17, 15) is 9.59 Å². The van der Waals surface area contributed by atoms with Crippen molar-refractivity contribution in [1.29, 1.82) is 0 Å². The molecule has 3 aromatic rings. The topological polar surface area (TPSA) is 71.4 Å². The summed E-state index contributed by atoms with van der Waals surface area (Å²) in [6.07, 6.45) is 1.72. The predicted molar refractivity (Wildman–Crippen MR) is 144 cm³/mol. The number of nitrogens with zero attached hydrogens (tertiary/aromatic N) is 3. The monoisotopic (exact) mass is 499 g/mol. The third-order valence-corrected chi connectivity index (χ3v) is 6.97. The number of ether oxygens (including phenoxy) is 2. The Labute approximate surface area is 214 Å². The summed E-state index contributed by atoms with van der Waals surface area (Å²) in [6, 6.07) is 22.6. The summed E-state index contributed by atoms with van der Waals surface area (Å²) < 4.78 is 10.8. The van der Waals surface area contributed by atoms with Gasteiger partial charge in [0.05, 0.1) is 10.9 Å². The van der Waals surface area contributed by atoms with Crippen LogP contribution < -0.4 is 19.3 Å². The molecule has 8 heteroatoms. The van der Waals surface area contributed by atoms with Gasteiger partial charge >= 0.3 is 0 Å². The molecule has 0 N–H and O–H groups in total. The number of benzene rings is 3. The minimum absolute atomic E-state index is 0.0848. The molecule has 0 bridgehead atoms. The quantitative estimate of drug-likeness (QED) is 0.449. The van der Waals surface area contributed by atoms with Crippen LogP contribution in [0.3, 0.4) is 0 Å². The highest BCUT2D eigenvalue weighted by atomic mass is 32.2. The number of aliphatic imine (C=N–C) groups is 1. The lowest BCUT2D eigenvalue weighted by molar-refractivity contribution is -0.117. The lowest BCUT2D eigenvalue weighted by Crippen LogP contribution is -2.36. The number of hydrogen-bond acceptors (Lipinski definition) is 6. The van der Waals surface area contributed by atoms with Crippen molar-refractivity contribution in [3.05, 3.63) is 89.6 Å². The van der Waals surface area contributed by atoms with E-state index in [1.807, 2.05) is 86.6 Å². The molecular formula is C28H25N3O4S. The number of anilines is 2. The van der Waals surface area contributed by atoms with E-state index in [1.54, 1.807) is 22.9 Å². The molecule has 5 rings (SSSR count). The van der Waals surface area contributed by atoms with Gasteiger partial charge in [0.2, 0.25) is 12.7 Å². The average Bonchev–Trinajstić information content (AvgIpc) is 3.48. The molecule has 2 aliphatic rings. The minimum atomic E-state index is -0.473. The molecule has 3 aromatic carbocycles. The number of fused-ring (bicyclic) bond motifs is 1. The third kappa shape index (κ3) is 4.72. The minimum Gasteiger partial charge on any atom is -0.454 e. The van der Waals surface area contributed by atoms with Crippen molar-refractivity contribution in [3.8, 4) is 11.5 Å². The van der Waals surface area contributed by atoms with Crippen LogP contribution in [0.4, 0.5) is 11.4 Å². The number of amides is 2. The number of hydrogen-bond donors (Lipinski definition) is 0. The molecule has 182 valence electrons. The van der Waals surface area contributed by atoms with Crippen LogP contribution in [0.15, 0.2) is 83.5 Å². The van der Waals surface area contributed by atoms with Crippen LogP contribution in [-0.4, -0.2) is 36.1 Å². The Kier molecular flexibility index (Phi) is 6.52. The van der Waals surface area contributed by atoms with Crippen molar-refractivity contribution in [2.45, 2.75) is 19.1 Å². The molecule has 0 saturated carbocycles. The van der Waals surface area contributed by atoms with E-state index < -0.39 is 5.25 Å². The van der Waals surface area contributed by atoms with Gasteiger partial charge in [0.25, 0.3) is 5.91 Å². The largest absolute Gasteiger partial charge is 0.454 e. The highest BCUT2D eigenvalue weighted by Gasteiger charge is 2.35. The lowest BCUT2D eigenvalue weighted by Gasteiger charge is -2.23. The van der Waals surface area contributed by atoms with Crippen LogP contribution in [0.2, 0.25) is 0 Å². The second-order valence-electron chi connectivity index (χ2n) is 8.51. The highest BCUT2D eigenvalue weighted by Crippen LogP contribution is 2.35. The van der Waals surface area contributed by atoms with Crippen LogP contribution in [-0.2, 0) is 9.59 Å². The number of para-hydroxylation sites is 1. The van der Waals surface area contributed by atoms with Crippen LogP contribution in [0.1, 0.15) is 18.1 Å². The molecule has 36 heavy (non-hydrogen) atoms. The lowest BCUT2D eigenvalue weighted by atomic mass is 10.1. The zero-order chi connectivity index (χ0) is 25.2. The van der Waals surface area contributed by atoms with Gasteiger partial charge in [-0.05, 0) is 61.9 Å². The number of carbonyl (C=O) groups excluding carboxylic acids is 2. The number of carbonyl (C=O) groups is 2. The van der Waals surface area contributed by atoms with Crippen LogP contribution in [0.5, 0.6) is 11.5 Å². The van der Waals surface area contributed by atoms with Gasteiger partial charge < -0.3 is 14.4 Å².